The van der Waals surface area contributed by atoms with Crippen LogP contribution in [0.2, 0.25) is 0 Å². The third-order valence-electron chi connectivity index (χ3n) is 6.30. The van der Waals surface area contributed by atoms with Gasteiger partial charge in [0.05, 0.1) is 33.0 Å². The van der Waals surface area contributed by atoms with Crippen LogP contribution < -0.4 is 5.32 Å². The molecule has 4 rings (SSSR count). The van der Waals surface area contributed by atoms with Gasteiger partial charge in [-0.05, 0) is 24.5 Å². The van der Waals surface area contributed by atoms with Gasteiger partial charge in [0.2, 0.25) is 0 Å². The topological polar surface area (TPSA) is 52.6 Å². The maximum atomic E-state index is 5.51. The summed E-state index contributed by atoms with van der Waals surface area (Å²) in [6, 6.07) is 9.57. The average Bonchev–Trinajstić information content (AvgIpc) is 3.29. The van der Waals surface area contributed by atoms with Gasteiger partial charge in [0, 0.05) is 58.4 Å². The van der Waals surface area contributed by atoms with Crippen LogP contribution in [0.15, 0.2) is 29.3 Å². The summed E-state index contributed by atoms with van der Waals surface area (Å²) in [5.74, 6) is 1.05. The molecule has 0 spiro atoms. The number of morpholine rings is 2. The number of aliphatic imine (C=N–C) groups is 1. The Balaban J connectivity index is 0.00000272. The summed E-state index contributed by atoms with van der Waals surface area (Å²) in [6.45, 7) is 14.5. The minimum atomic E-state index is 0. The molecule has 0 amide bonds. The van der Waals surface area contributed by atoms with E-state index in [9.17, 15) is 0 Å². The number of nitrogens with zero attached hydrogens (tertiary/aromatic N) is 4. The van der Waals surface area contributed by atoms with Crippen LogP contribution in [0.4, 0.5) is 0 Å². The lowest BCUT2D eigenvalue weighted by Crippen LogP contribution is -2.46. The smallest absolute Gasteiger partial charge is 0.194 e. The van der Waals surface area contributed by atoms with Crippen molar-refractivity contribution in [1.82, 2.24) is 20.0 Å². The lowest BCUT2D eigenvalue weighted by Gasteiger charge is -2.32. The van der Waals surface area contributed by atoms with Crippen LogP contribution in [0, 0.1) is 0 Å². The zero-order chi connectivity index (χ0) is 20.6. The summed E-state index contributed by atoms with van der Waals surface area (Å²) in [5, 5.41) is 3.50. The summed E-state index contributed by atoms with van der Waals surface area (Å²) >= 11 is 0. The van der Waals surface area contributed by atoms with Gasteiger partial charge < -0.3 is 19.7 Å². The van der Waals surface area contributed by atoms with Gasteiger partial charge in [-0.2, -0.15) is 0 Å². The molecule has 8 heteroatoms. The van der Waals surface area contributed by atoms with E-state index < -0.39 is 0 Å². The van der Waals surface area contributed by atoms with Gasteiger partial charge in [0.25, 0.3) is 0 Å². The highest BCUT2D eigenvalue weighted by atomic mass is 127. The molecule has 0 saturated carbocycles. The Morgan fingerprint density at radius 2 is 1.61 bits per heavy atom. The zero-order valence-corrected chi connectivity index (χ0v) is 21.1. The van der Waals surface area contributed by atoms with Crippen molar-refractivity contribution in [2.75, 3.05) is 72.2 Å². The molecule has 31 heavy (non-hydrogen) atoms. The first-order valence-corrected chi connectivity index (χ1v) is 11.5. The van der Waals surface area contributed by atoms with Gasteiger partial charge in [0.1, 0.15) is 0 Å². The van der Waals surface area contributed by atoms with E-state index >= 15 is 0 Å². The monoisotopic (exact) mass is 543 g/mol. The molecular weight excluding hydrogens is 505 g/mol. The highest BCUT2D eigenvalue weighted by Gasteiger charge is 2.30. The third-order valence-corrected chi connectivity index (χ3v) is 6.30. The largest absolute Gasteiger partial charge is 0.379 e. The number of guanidine groups is 1. The molecule has 0 aliphatic carbocycles. The highest BCUT2D eigenvalue weighted by molar-refractivity contribution is 14.0. The fourth-order valence-electron chi connectivity index (χ4n) is 4.53. The Labute approximate surface area is 204 Å². The van der Waals surface area contributed by atoms with Crippen LogP contribution in [0.25, 0.3) is 0 Å². The molecule has 3 aliphatic rings. The SMILES string of the molecule is CCNC(=NCc1ccc(CN2CCOCC2)cc1)N1CCC(N2CCOCC2)C1.I. The van der Waals surface area contributed by atoms with Gasteiger partial charge >= 0.3 is 0 Å². The molecule has 3 heterocycles. The second kappa shape index (κ2) is 12.9. The van der Waals surface area contributed by atoms with Crippen molar-refractivity contribution in [3.8, 4) is 0 Å². The van der Waals surface area contributed by atoms with Crippen LogP contribution in [-0.2, 0) is 22.6 Å². The second-order valence-electron chi connectivity index (χ2n) is 8.41. The molecule has 1 N–H and O–H groups in total. The molecule has 0 aromatic heterocycles. The molecule has 1 atom stereocenters. The van der Waals surface area contributed by atoms with Crippen LogP contribution in [0.1, 0.15) is 24.5 Å². The number of rotatable bonds is 6. The average molecular weight is 543 g/mol. The normalized spacial score (nSPS) is 23.6. The summed E-state index contributed by atoms with van der Waals surface area (Å²) in [6.07, 6.45) is 1.21. The van der Waals surface area contributed by atoms with Crippen LogP contribution in [-0.4, -0.2) is 98.9 Å². The van der Waals surface area contributed by atoms with E-state index in [-0.39, 0.29) is 24.0 Å². The minimum Gasteiger partial charge on any atom is -0.379 e. The van der Waals surface area contributed by atoms with E-state index in [4.69, 9.17) is 14.5 Å². The summed E-state index contributed by atoms with van der Waals surface area (Å²) in [7, 11) is 0. The first-order valence-electron chi connectivity index (χ1n) is 11.5. The van der Waals surface area contributed by atoms with E-state index in [0.29, 0.717) is 6.04 Å². The summed E-state index contributed by atoms with van der Waals surface area (Å²) in [4.78, 5) is 12.4. The van der Waals surface area contributed by atoms with Crippen molar-refractivity contribution in [3.05, 3.63) is 35.4 Å². The highest BCUT2D eigenvalue weighted by Crippen LogP contribution is 2.17. The summed E-state index contributed by atoms with van der Waals surface area (Å²) < 4.78 is 11.0. The lowest BCUT2D eigenvalue weighted by atomic mass is 10.1. The molecule has 3 aliphatic heterocycles. The molecular formula is C23H38IN5O2. The number of likely N-dealkylation sites (tertiary alicyclic amines) is 1. The maximum absolute atomic E-state index is 5.51. The molecule has 7 nitrogen and oxygen atoms in total. The molecule has 174 valence electrons. The molecule has 0 bridgehead atoms. The van der Waals surface area contributed by atoms with Crippen LogP contribution in [0.5, 0.6) is 0 Å². The molecule has 1 unspecified atom stereocenters. The Bertz CT molecular complexity index is 675. The third kappa shape index (κ3) is 7.28. The Hall–Kier alpha value is -0.940. The molecule has 3 saturated heterocycles. The van der Waals surface area contributed by atoms with Gasteiger partial charge in [-0.1, -0.05) is 24.3 Å². The Morgan fingerprint density at radius 1 is 0.968 bits per heavy atom. The first-order chi connectivity index (χ1) is 14.8. The van der Waals surface area contributed by atoms with E-state index in [1.54, 1.807) is 0 Å². The van der Waals surface area contributed by atoms with E-state index in [1.165, 1.54) is 17.5 Å². The van der Waals surface area contributed by atoms with Gasteiger partial charge in [-0.25, -0.2) is 4.99 Å². The number of hydrogen-bond donors (Lipinski definition) is 1. The van der Waals surface area contributed by atoms with Crippen molar-refractivity contribution in [2.24, 2.45) is 4.99 Å². The molecule has 1 aromatic rings. The van der Waals surface area contributed by atoms with E-state index in [0.717, 1.165) is 91.3 Å². The maximum Gasteiger partial charge on any atom is 0.194 e. The molecule has 0 radical (unpaired) electrons. The number of benzene rings is 1. The van der Waals surface area contributed by atoms with Gasteiger partial charge in [0.15, 0.2) is 5.96 Å². The predicted molar refractivity (Wildman–Crippen MR) is 135 cm³/mol. The first kappa shape index (κ1) is 24.7. The quantitative estimate of drug-likeness (QED) is 0.337. The standard InChI is InChI=1S/C23H37N5O2.HI/c1-2-24-23(28-8-7-22(19-28)27-11-15-30-16-12-27)25-17-20-3-5-21(6-4-20)18-26-9-13-29-14-10-26;/h3-6,22H,2,7-19H2,1H3,(H,24,25);1H. The molecule has 1 aromatic carbocycles. The Morgan fingerprint density at radius 3 is 2.29 bits per heavy atom. The van der Waals surface area contributed by atoms with E-state index in [2.05, 4.69) is 51.2 Å². The summed E-state index contributed by atoms with van der Waals surface area (Å²) in [5.41, 5.74) is 2.63. The fourth-order valence-corrected chi connectivity index (χ4v) is 4.53. The predicted octanol–water partition coefficient (Wildman–Crippen LogP) is 2.01. The second-order valence-corrected chi connectivity index (χ2v) is 8.41. The number of hydrogen-bond acceptors (Lipinski definition) is 5. The van der Waals surface area contributed by atoms with Crippen LogP contribution >= 0.6 is 24.0 Å². The Kier molecular flexibility index (Phi) is 10.3. The van der Waals surface area contributed by atoms with Crippen molar-refractivity contribution in [3.63, 3.8) is 0 Å². The van der Waals surface area contributed by atoms with Crippen LogP contribution in [0.3, 0.4) is 0 Å². The lowest BCUT2D eigenvalue weighted by molar-refractivity contribution is 0.0195. The molecule has 3 fully saturated rings. The van der Waals surface area contributed by atoms with Crippen molar-refractivity contribution >= 4 is 29.9 Å². The van der Waals surface area contributed by atoms with Gasteiger partial charge in [-0.15, -0.1) is 24.0 Å². The van der Waals surface area contributed by atoms with Gasteiger partial charge in [-0.3, -0.25) is 9.80 Å². The van der Waals surface area contributed by atoms with Crippen molar-refractivity contribution < 1.29 is 9.47 Å². The number of nitrogens with one attached hydrogen (secondary N) is 1. The zero-order valence-electron chi connectivity index (χ0n) is 18.8. The minimum absolute atomic E-state index is 0. The van der Waals surface area contributed by atoms with Crippen molar-refractivity contribution in [1.29, 1.82) is 0 Å². The van der Waals surface area contributed by atoms with E-state index in [1.807, 2.05) is 0 Å². The fraction of sp³-hybridized carbons (Fsp3) is 0.696. The number of halogens is 1. The van der Waals surface area contributed by atoms with Crippen molar-refractivity contribution in [2.45, 2.75) is 32.5 Å². The number of ether oxygens (including phenoxy) is 2.